The van der Waals surface area contributed by atoms with Gasteiger partial charge in [0.2, 0.25) is 0 Å². The SMILES string of the molecule is Cc1ccc(C(N)=O)c(NCC(N)C(C)O)n1. The summed E-state index contributed by atoms with van der Waals surface area (Å²) in [6, 6.07) is 2.89. The van der Waals surface area contributed by atoms with Crippen LogP contribution in [-0.4, -0.2) is 34.7 Å². The normalized spacial score (nSPS) is 14.1. The van der Waals surface area contributed by atoms with Crippen LogP contribution < -0.4 is 16.8 Å². The average molecular weight is 238 g/mol. The highest BCUT2D eigenvalue weighted by atomic mass is 16.3. The Labute approximate surface area is 100 Å². The third kappa shape index (κ3) is 3.69. The number of carbonyl (C=O) groups excluding carboxylic acids is 1. The number of aliphatic hydroxyl groups excluding tert-OH is 1. The first-order chi connectivity index (χ1) is 7.91. The highest BCUT2D eigenvalue weighted by molar-refractivity contribution is 5.97. The van der Waals surface area contributed by atoms with Gasteiger partial charge in [-0.15, -0.1) is 0 Å². The van der Waals surface area contributed by atoms with Gasteiger partial charge in [0.15, 0.2) is 0 Å². The van der Waals surface area contributed by atoms with E-state index in [1.54, 1.807) is 19.1 Å². The van der Waals surface area contributed by atoms with Crippen LogP contribution >= 0.6 is 0 Å². The maximum atomic E-state index is 11.2. The molecule has 17 heavy (non-hydrogen) atoms. The summed E-state index contributed by atoms with van der Waals surface area (Å²) in [6.45, 7) is 3.73. The van der Waals surface area contributed by atoms with Crippen LogP contribution in [0.25, 0.3) is 0 Å². The lowest BCUT2D eigenvalue weighted by atomic mass is 10.2. The van der Waals surface area contributed by atoms with Gasteiger partial charge in [0.1, 0.15) is 5.82 Å². The first kappa shape index (κ1) is 13.4. The van der Waals surface area contributed by atoms with Crippen molar-refractivity contribution in [1.82, 2.24) is 4.98 Å². The highest BCUT2D eigenvalue weighted by Crippen LogP contribution is 2.12. The van der Waals surface area contributed by atoms with E-state index in [1.165, 1.54) is 0 Å². The van der Waals surface area contributed by atoms with Gasteiger partial charge in [-0.1, -0.05) is 0 Å². The van der Waals surface area contributed by atoms with E-state index in [0.717, 1.165) is 5.69 Å². The Hall–Kier alpha value is -1.66. The monoisotopic (exact) mass is 238 g/mol. The summed E-state index contributed by atoms with van der Waals surface area (Å²) in [6.07, 6.45) is -0.635. The fourth-order valence-corrected chi connectivity index (χ4v) is 1.28. The molecule has 2 unspecified atom stereocenters. The lowest BCUT2D eigenvalue weighted by Crippen LogP contribution is -2.39. The lowest BCUT2D eigenvalue weighted by molar-refractivity contribution is 0.100. The van der Waals surface area contributed by atoms with Gasteiger partial charge in [-0.3, -0.25) is 4.79 Å². The maximum Gasteiger partial charge on any atom is 0.252 e. The van der Waals surface area contributed by atoms with Crippen LogP contribution in [0.2, 0.25) is 0 Å². The van der Waals surface area contributed by atoms with Crippen molar-refractivity contribution in [3.8, 4) is 0 Å². The molecule has 94 valence electrons. The van der Waals surface area contributed by atoms with E-state index in [2.05, 4.69) is 10.3 Å². The van der Waals surface area contributed by atoms with Gasteiger partial charge < -0.3 is 21.9 Å². The molecular weight excluding hydrogens is 220 g/mol. The number of nitrogens with two attached hydrogens (primary N) is 2. The topological polar surface area (TPSA) is 114 Å². The molecule has 0 saturated heterocycles. The van der Waals surface area contributed by atoms with E-state index in [0.29, 0.717) is 17.9 Å². The van der Waals surface area contributed by atoms with Crippen LogP contribution in [0.3, 0.4) is 0 Å². The zero-order valence-corrected chi connectivity index (χ0v) is 9.97. The Morgan fingerprint density at radius 1 is 1.59 bits per heavy atom. The predicted octanol–water partition coefficient (Wildman–Crippen LogP) is -0.391. The van der Waals surface area contributed by atoms with Crippen LogP contribution in [0.1, 0.15) is 23.0 Å². The maximum absolute atomic E-state index is 11.2. The third-order valence-corrected chi connectivity index (χ3v) is 2.42. The molecule has 2 atom stereocenters. The van der Waals surface area contributed by atoms with Crippen molar-refractivity contribution in [3.63, 3.8) is 0 Å². The molecule has 6 heteroatoms. The number of hydrogen-bond acceptors (Lipinski definition) is 5. The van der Waals surface area contributed by atoms with E-state index < -0.39 is 18.1 Å². The van der Waals surface area contributed by atoms with Crippen LogP contribution in [-0.2, 0) is 0 Å². The molecule has 1 aromatic heterocycles. The third-order valence-electron chi connectivity index (χ3n) is 2.42. The summed E-state index contributed by atoms with van der Waals surface area (Å²) >= 11 is 0. The molecular formula is C11H18N4O2. The number of primary amides is 1. The number of anilines is 1. The molecule has 0 radical (unpaired) electrons. The molecule has 0 bridgehead atoms. The van der Waals surface area contributed by atoms with Gasteiger partial charge in [0.05, 0.1) is 11.7 Å². The van der Waals surface area contributed by atoms with Crippen LogP contribution in [0, 0.1) is 6.92 Å². The highest BCUT2D eigenvalue weighted by Gasteiger charge is 2.13. The first-order valence-electron chi connectivity index (χ1n) is 5.36. The summed E-state index contributed by atoms with van der Waals surface area (Å²) in [5.74, 6) is -0.154. The molecule has 0 aliphatic carbocycles. The fraction of sp³-hybridized carbons (Fsp3) is 0.455. The quantitative estimate of drug-likeness (QED) is 0.557. The summed E-state index contributed by atoms with van der Waals surface area (Å²) in [7, 11) is 0. The second-order valence-electron chi connectivity index (χ2n) is 4.00. The van der Waals surface area contributed by atoms with Crippen molar-refractivity contribution in [2.75, 3.05) is 11.9 Å². The van der Waals surface area contributed by atoms with Gasteiger partial charge in [0, 0.05) is 18.3 Å². The number of nitrogens with zero attached hydrogens (tertiary/aromatic N) is 1. The number of carbonyl (C=O) groups is 1. The fourth-order valence-electron chi connectivity index (χ4n) is 1.28. The number of aromatic nitrogens is 1. The predicted molar refractivity (Wildman–Crippen MR) is 65.6 cm³/mol. The van der Waals surface area contributed by atoms with Crippen LogP contribution in [0.5, 0.6) is 0 Å². The Kier molecular flexibility index (Phi) is 4.42. The number of rotatable bonds is 5. The van der Waals surface area contributed by atoms with Crippen LogP contribution in [0.4, 0.5) is 5.82 Å². The zero-order chi connectivity index (χ0) is 13.0. The van der Waals surface area contributed by atoms with Crippen molar-refractivity contribution < 1.29 is 9.90 Å². The van der Waals surface area contributed by atoms with E-state index in [9.17, 15) is 9.90 Å². The van der Waals surface area contributed by atoms with E-state index in [-0.39, 0.29) is 0 Å². The molecule has 1 aromatic rings. The minimum absolute atomic E-state index is 0.313. The molecule has 0 fully saturated rings. The molecule has 0 aliphatic rings. The Balaban J connectivity index is 2.82. The first-order valence-corrected chi connectivity index (χ1v) is 5.36. The van der Waals surface area contributed by atoms with Crippen LogP contribution in [0.15, 0.2) is 12.1 Å². The average Bonchev–Trinajstić information content (AvgIpc) is 2.25. The van der Waals surface area contributed by atoms with Gasteiger partial charge in [-0.25, -0.2) is 4.98 Å². The van der Waals surface area contributed by atoms with Gasteiger partial charge in [-0.05, 0) is 26.0 Å². The van der Waals surface area contributed by atoms with Crippen molar-refractivity contribution in [2.24, 2.45) is 11.5 Å². The molecule has 1 heterocycles. The van der Waals surface area contributed by atoms with Gasteiger partial charge in [-0.2, -0.15) is 0 Å². The molecule has 1 amide bonds. The van der Waals surface area contributed by atoms with Crippen molar-refractivity contribution in [2.45, 2.75) is 26.0 Å². The number of nitrogens with one attached hydrogen (secondary N) is 1. The molecule has 6 N–H and O–H groups in total. The number of hydrogen-bond donors (Lipinski definition) is 4. The van der Waals surface area contributed by atoms with Gasteiger partial charge in [0.25, 0.3) is 5.91 Å². The molecule has 0 saturated carbocycles. The van der Waals surface area contributed by atoms with E-state index in [1.807, 2.05) is 6.92 Å². The second kappa shape index (κ2) is 5.60. The van der Waals surface area contributed by atoms with Crippen molar-refractivity contribution in [1.29, 1.82) is 0 Å². The zero-order valence-electron chi connectivity index (χ0n) is 9.97. The van der Waals surface area contributed by atoms with Crippen molar-refractivity contribution in [3.05, 3.63) is 23.4 Å². The molecule has 6 nitrogen and oxygen atoms in total. The standard InChI is InChI=1S/C11H18N4O2/c1-6-3-4-8(10(13)17)11(15-6)14-5-9(12)7(2)16/h3-4,7,9,16H,5,12H2,1-2H3,(H2,13,17)(H,14,15). The number of aryl methyl sites for hydroxylation is 1. The molecule has 0 spiro atoms. The van der Waals surface area contributed by atoms with E-state index in [4.69, 9.17) is 11.5 Å². The number of amides is 1. The van der Waals surface area contributed by atoms with E-state index >= 15 is 0 Å². The smallest absolute Gasteiger partial charge is 0.252 e. The minimum atomic E-state index is -0.635. The molecule has 0 aromatic carbocycles. The summed E-state index contributed by atoms with van der Waals surface area (Å²) < 4.78 is 0. The lowest BCUT2D eigenvalue weighted by Gasteiger charge is -2.17. The second-order valence-corrected chi connectivity index (χ2v) is 4.00. The number of aliphatic hydroxyl groups is 1. The largest absolute Gasteiger partial charge is 0.392 e. The Morgan fingerprint density at radius 2 is 2.24 bits per heavy atom. The van der Waals surface area contributed by atoms with Crippen molar-refractivity contribution >= 4 is 11.7 Å². The molecule has 1 rings (SSSR count). The summed E-state index contributed by atoms with van der Waals surface area (Å²) in [4.78, 5) is 15.3. The Morgan fingerprint density at radius 3 is 2.76 bits per heavy atom. The summed E-state index contributed by atoms with van der Waals surface area (Å²) in [5, 5.41) is 12.2. The number of pyridine rings is 1. The minimum Gasteiger partial charge on any atom is -0.392 e. The van der Waals surface area contributed by atoms with Gasteiger partial charge >= 0.3 is 0 Å². The molecule has 0 aliphatic heterocycles. The summed E-state index contributed by atoms with van der Waals surface area (Å²) in [5.41, 5.74) is 12.0. The Bertz CT molecular complexity index is 406.